The number of alkyl halides is 3. The topological polar surface area (TPSA) is 55.2 Å². The van der Waals surface area contributed by atoms with Crippen LogP contribution in [0.4, 0.5) is 24.5 Å². The molecule has 0 spiro atoms. The number of benzene rings is 1. The number of nitrogens with zero attached hydrogens (tertiary/aromatic N) is 2. The van der Waals surface area contributed by atoms with Gasteiger partial charge in [0.2, 0.25) is 0 Å². The number of hydrogen-bond donors (Lipinski definition) is 1. The van der Waals surface area contributed by atoms with E-state index in [0.717, 1.165) is 18.7 Å². The fraction of sp³-hybridized carbons (Fsp3) is 0.500. The molecule has 0 aliphatic rings. The molecule has 0 unspecified atom stereocenters. The van der Waals surface area contributed by atoms with Crippen molar-refractivity contribution in [3.8, 4) is 0 Å². The number of anilines is 1. The van der Waals surface area contributed by atoms with Crippen LogP contribution >= 0.6 is 0 Å². The lowest BCUT2D eigenvalue weighted by atomic mass is 10.1. The minimum atomic E-state index is -4.63. The van der Waals surface area contributed by atoms with E-state index in [1.165, 1.54) is 0 Å². The third-order valence-corrected chi connectivity index (χ3v) is 2.62. The van der Waals surface area contributed by atoms with E-state index in [4.69, 9.17) is 0 Å². The maximum absolute atomic E-state index is 12.9. The van der Waals surface area contributed by atoms with Crippen molar-refractivity contribution in [2.24, 2.45) is 0 Å². The lowest BCUT2D eigenvalue weighted by Crippen LogP contribution is -3.00. The molecule has 0 heterocycles. The third kappa shape index (κ3) is 6.17. The first kappa shape index (κ1) is 19.5. The number of hydrogen-bond acceptors (Lipinski definition) is 3. The molecule has 0 aliphatic carbocycles. The molecule has 0 bridgehead atoms. The van der Waals surface area contributed by atoms with Crippen LogP contribution in [0.1, 0.15) is 12.0 Å². The van der Waals surface area contributed by atoms with Gasteiger partial charge in [-0.3, -0.25) is 0 Å². The molecule has 5 nitrogen and oxygen atoms in total. The summed E-state index contributed by atoms with van der Waals surface area (Å²) in [5.74, 6) is 0. The Morgan fingerprint density at radius 1 is 1.29 bits per heavy atom. The van der Waals surface area contributed by atoms with Crippen LogP contribution in [-0.2, 0) is 11.4 Å². The lowest BCUT2D eigenvalue weighted by molar-refractivity contribution is -0.769. The van der Waals surface area contributed by atoms with Gasteiger partial charge in [-0.2, -0.15) is 13.2 Å². The van der Waals surface area contributed by atoms with Crippen molar-refractivity contribution in [1.29, 1.82) is 0 Å². The van der Waals surface area contributed by atoms with Crippen molar-refractivity contribution in [3.63, 3.8) is 0 Å². The van der Waals surface area contributed by atoms with E-state index in [-0.39, 0.29) is 18.1 Å². The molecule has 0 atom stereocenters. The fourth-order valence-electron chi connectivity index (χ4n) is 1.65. The molecule has 21 heavy (non-hydrogen) atoms. The van der Waals surface area contributed by atoms with Crippen molar-refractivity contribution in [2.45, 2.75) is 12.6 Å². The van der Waals surface area contributed by atoms with E-state index in [9.17, 15) is 23.3 Å². The summed E-state index contributed by atoms with van der Waals surface area (Å²) in [6.45, 7) is 1.10. The van der Waals surface area contributed by atoms with Gasteiger partial charge >= 0.3 is 16.8 Å². The highest BCUT2D eigenvalue weighted by Gasteiger charge is 2.36. The zero-order valence-electron chi connectivity index (χ0n) is 11.6. The van der Waals surface area contributed by atoms with E-state index in [0.29, 0.717) is 19.0 Å². The second-order valence-corrected chi connectivity index (χ2v) is 4.57. The highest BCUT2D eigenvalue weighted by Crippen LogP contribution is 2.36. The Labute approximate surface area is 126 Å². The van der Waals surface area contributed by atoms with Crippen LogP contribution in [0.25, 0.3) is 0 Å². The highest BCUT2D eigenvalue weighted by molar-refractivity contribution is 5.57. The van der Waals surface area contributed by atoms with Crippen LogP contribution in [0.3, 0.4) is 0 Å². The molecule has 119 valence electrons. The van der Waals surface area contributed by atoms with Gasteiger partial charge in [-0.25, -0.2) is 0 Å². The zero-order valence-corrected chi connectivity index (χ0v) is 12.3. The summed E-state index contributed by atoms with van der Waals surface area (Å²) in [7, 11) is 3.74. The smallest absolute Gasteiger partial charge is 0.418 e. The first-order valence-electron chi connectivity index (χ1n) is 5.96. The summed E-state index contributed by atoms with van der Waals surface area (Å²) >= 11 is 0. The number of nitrogens with one attached hydrogen (secondary N) is 1. The van der Waals surface area contributed by atoms with E-state index in [2.05, 4.69) is 5.32 Å². The summed E-state index contributed by atoms with van der Waals surface area (Å²) < 4.78 is 38.6. The predicted octanol–water partition coefficient (Wildman–Crippen LogP) is -0.171. The third-order valence-electron chi connectivity index (χ3n) is 2.62. The maximum atomic E-state index is 12.9. The molecule has 9 heteroatoms. The summed E-state index contributed by atoms with van der Waals surface area (Å²) in [5, 5.41) is 13.2. The van der Waals surface area contributed by atoms with E-state index in [1.54, 1.807) is 0 Å². The molecule has 1 N–H and O–H groups in total. The molecule has 0 fully saturated rings. The van der Waals surface area contributed by atoms with Crippen molar-refractivity contribution in [1.82, 2.24) is 4.90 Å². The molecule has 0 amide bonds. The number of rotatable bonds is 6. The Bertz CT molecular complexity index is 481. The lowest BCUT2D eigenvalue weighted by Gasteiger charge is -2.15. The second-order valence-electron chi connectivity index (χ2n) is 4.57. The zero-order chi connectivity index (χ0) is 15.3. The molecule has 0 saturated carbocycles. The summed E-state index contributed by atoms with van der Waals surface area (Å²) in [6, 6.07) is 2.70. The molecule has 1 radical (unpaired) electrons. The molecule has 0 aliphatic heterocycles. The molecule has 0 aromatic heterocycles. The van der Waals surface area contributed by atoms with Crippen LogP contribution < -0.4 is 17.7 Å². The fourth-order valence-corrected chi connectivity index (χ4v) is 1.65. The first-order valence-corrected chi connectivity index (χ1v) is 5.96. The van der Waals surface area contributed by atoms with Crippen LogP contribution in [-0.4, -0.2) is 37.0 Å². The summed E-state index contributed by atoms with van der Waals surface area (Å²) in [6.07, 6.45) is -3.96. The van der Waals surface area contributed by atoms with Crippen LogP contribution in [0.15, 0.2) is 18.2 Å². The summed E-state index contributed by atoms with van der Waals surface area (Å²) in [4.78, 5) is 11.6. The van der Waals surface area contributed by atoms with Gasteiger partial charge in [0.25, 0.3) is 0 Å². The van der Waals surface area contributed by atoms with E-state index >= 15 is 0 Å². The van der Waals surface area contributed by atoms with Crippen LogP contribution in [0.2, 0.25) is 0 Å². The van der Waals surface area contributed by atoms with E-state index < -0.39 is 22.4 Å². The minimum Gasteiger partial charge on any atom is -1.00 e. The molecule has 1 aromatic rings. The molecule has 1 rings (SSSR count). The second kappa shape index (κ2) is 8.04. The van der Waals surface area contributed by atoms with Gasteiger partial charge in [-0.05, 0) is 33.1 Å². The normalized spacial score (nSPS) is 11.1. The Morgan fingerprint density at radius 2 is 1.90 bits per heavy atom. The quantitative estimate of drug-likeness (QED) is 0.583. The van der Waals surface area contributed by atoms with Gasteiger partial charge < -0.3 is 22.6 Å². The minimum absolute atomic E-state index is 0. The summed E-state index contributed by atoms with van der Waals surface area (Å²) in [5.41, 5.74) is -1.73. The van der Waals surface area contributed by atoms with Crippen molar-refractivity contribution in [2.75, 3.05) is 32.5 Å². The Balaban J connectivity index is 0.00000400. The number of halogens is 4. The van der Waals surface area contributed by atoms with Gasteiger partial charge in [0.1, 0.15) is 0 Å². The Kier molecular flexibility index (Phi) is 7.45. The maximum Gasteiger partial charge on any atom is 0.418 e. The van der Waals surface area contributed by atoms with Gasteiger partial charge in [-0.1, -0.05) is 0 Å². The van der Waals surface area contributed by atoms with Crippen LogP contribution in [0.5, 0.6) is 0 Å². The highest BCUT2D eigenvalue weighted by atomic mass is 35.5. The van der Waals surface area contributed by atoms with Gasteiger partial charge in [0, 0.05) is 24.4 Å². The average molecular weight is 327 g/mol. The Hall–Kier alpha value is -1.54. The molecule has 1 aromatic carbocycles. The molecular formula is C12H16ClF3N3O2. The Morgan fingerprint density at radius 3 is 2.38 bits per heavy atom. The van der Waals surface area contributed by atoms with Gasteiger partial charge in [0.05, 0.1) is 15.7 Å². The van der Waals surface area contributed by atoms with Gasteiger partial charge in [0.15, 0.2) is 0 Å². The standard InChI is InChI=1S/C12H16F3N3O2.ClH/c1-17(2)7-3-6-16-11-5-4-9(18(19)20)8-10(11)12(13,14)15;/h4-5,8,16H,3,6-7H2,1-2H3;1H/q+1;/p-1. The molecule has 0 saturated heterocycles. The SMILES string of the molecule is CN(C)CCCNc1ccc([N+]([O])=O)cc1C(F)(F)F.[Cl-]. The van der Waals surface area contributed by atoms with E-state index in [1.807, 2.05) is 19.0 Å². The van der Waals surface area contributed by atoms with Crippen molar-refractivity contribution < 1.29 is 35.7 Å². The van der Waals surface area contributed by atoms with Crippen molar-refractivity contribution in [3.05, 3.63) is 28.7 Å². The van der Waals surface area contributed by atoms with Gasteiger partial charge in [-0.15, -0.1) is 0 Å². The first-order chi connectivity index (χ1) is 9.21. The largest absolute Gasteiger partial charge is 1.00 e. The average Bonchev–Trinajstić information content (AvgIpc) is 2.33. The van der Waals surface area contributed by atoms with Crippen LogP contribution in [0, 0.1) is 4.91 Å². The monoisotopic (exact) mass is 326 g/mol. The van der Waals surface area contributed by atoms with Crippen molar-refractivity contribution >= 4 is 11.4 Å². The molecular weight excluding hydrogens is 311 g/mol. The predicted molar refractivity (Wildman–Crippen MR) is 67.1 cm³/mol.